The minimum absolute atomic E-state index is 0.240. The molecule has 0 aromatic heterocycles. The second-order valence-electron chi connectivity index (χ2n) is 5.55. The highest BCUT2D eigenvalue weighted by Crippen LogP contribution is 2.66. The smallest absolute Gasteiger partial charge is 0.0707 e. The van der Waals surface area contributed by atoms with Gasteiger partial charge in [0.15, 0.2) is 0 Å². The predicted octanol–water partition coefficient (Wildman–Crippen LogP) is 2.48. The van der Waals surface area contributed by atoms with E-state index >= 15 is 0 Å². The molecule has 0 heterocycles. The zero-order valence-corrected chi connectivity index (χ0v) is 8.94. The Kier molecular flexibility index (Phi) is 1.85. The van der Waals surface area contributed by atoms with E-state index in [2.05, 4.69) is 23.9 Å². The first-order valence-electron chi connectivity index (χ1n) is 5.16. The first-order chi connectivity index (χ1) is 6.39. The van der Waals surface area contributed by atoms with Gasteiger partial charge in [-0.25, -0.2) is 0 Å². The number of nitrogens with zero attached hydrogens (tertiary/aromatic N) is 3. The lowest BCUT2D eigenvalue weighted by Crippen LogP contribution is -2.41. The maximum absolute atomic E-state index is 10.1. The molecule has 4 heteroatoms. The number of rotatable bonds is 1. The van der Waals surface area contributed by atoms with Gasteiger partial charge in [0.2, 0.25) is 0 Å². The summed E-state index contributed by atoms with van der Waals surface area (Å²) >= 11 is 0. The summed E-state index contributed by atoms with van der Waals surface area (Å²) in [6, 6.07) is -0.240. The summed E-state index contributed by atoms with van der Waals surface area (Å²) in [6.07, 6.45) is 1.61. The lowest BCUT2D eigenvalue weighted by atomic mass is 9.82. The molecule has 78 valence electrons. The van der Waals surface area contributed by atoms with Gasteiger partial charge in [0.05, 0.1) is 11.6 Å². The highest BCUT2D eigenvalue weighted by molar-refractivity contribution is 5.14. The maximum Gasteiger partial charge on any atom is 0.0707 e. The third-order valence-corrected chi connectivity index (χ3v) is 4.31. The molecule has 14 heavy (non-hydrogen) atoms. The average molecular weight is 195 g/mol. The van der Waals surface area contributed by atoms with Gasteiger partial charge in [0.25, 0.3) is 0 Å². The van der Waals surface area contributed by atoms with Gasteiger partial charge in [-0.2, -0.15) is 0 Å². The van der Waals surface area contributed by atoms with Gasteiger partial charge < -0.3 is 5.11 Å². The van der Waals surface area contributed by atoms with Crippen molar-refractivity contribution in [2.75, 3.05) is 0 Å². The summed E-state index contributed by atoms with van der Waals surface area (Å²) in [7, 11) is 0. The maximum atomic E-state index is 10.1. The SMILES string of the molecule is CC1(O)CC2C(CC1N=[N+]=[N-])C2(C)C. The highest BCUT2D eigenvalue weighted by Gasteiger charge is 2.63. The normalized spacial score (nSPS) is 49.0. The van der Waals surface area contributed by atoms with Crippen LogP contribution in [0.5, 0.6) is 0 Å². The molecular weight excluding hydrogens is 178 g/mol. The lowest BCUT2D eigenvalue weighted by molar-refractivity contribution is -0.000474. The summed E-state index contributed by atoms with van der Waals surface area (Å²) in [5.74, 6) is 1.25. The molecule has 0 aromatic rings. The molecule has 2 fully saturated rings. The van der Waals surface area contributed by atoms with Crippen LogP contribution in [0.3, 0.4) is 0 Å². The molecule has 2 saturated carbocycles. The number of hydrogen-bond acceptors (Lipinski definition) is 2. The van der Waals surface area contributed by atoms with E-state index in [0.29, 0.717) is 17.3 Å². The number of azide groups is 1. The molecule has 0 spiro atoms. The molecule has 0 amide bonds. The average Bonchev–Trinajstić information content (AvgIpc) is 2.54. The Labute approximate surface area is 83.9 Å². The Bertz CT molecular complexity index is 304. The molecule has 0 saturated heterocycles. The number of fused-ring (bicyclic) bond motifs is 1. The van der Waals surface area contributed by atoms with E-state index in [-0.39, 0.29) is 6.04 Å². The molecule has 0 bridgehead atoms. The monoisotopic (exact) mass is 195 g/mol. The minimum atomic E-state index is -0.804. The van der Waals surface area contributed by atoms with E-state index in [9.17, 15) is 5.11 Å². The van der Waals surface area contributed by atoms with E-state index in [1.165, 1.54) is 0 Å². The Balaban J connectivity index is 2.19. The molecule has 4 atom stereocenters. The molecule has 4 nitrogen and oxygen atoms in total. The summed E-state index contributed by atoms with van der Waals surface area (Å²) in [5, 5.41) is 13.8. The highest BCUT2D eigenvalue weighted by atomic mass is 16.3. The van der Waals surface area contributed by atoms with Crippen LogP contribution in [0.2, 0.25) is 0 Å². The predicted molar refractivity (Wildman–Crippen MR) is 53.6 cm³/mol. The summed E-state index contributed by atoms with van der Waals surface area (Å²) in [6.45, 7) is 6.25. The first-order valence-corrected chi connectivity index (χ1v) is 5.16. The van der Waals surface area contributed by atoms with Crippen molar-refractivity contribution in [3.8, 4) is 0 Å². The minimum Gasteiger partial charge on any atom is -0.390 e. The number of aliphatic hydroxyl groups is 1. The summed E-state index contributed by atoms with van der Waals surface area (Å²) < 4.78 is 0. The third kappa shape index (κ3) is 1.22. The van der Waals surface area contributed by atoms with E-state index in [0.717, 1.165) is 12.8 Å². The van der Waals surface area contributed by atoms with Crippen LogP contribution in [0.1, 0.15) is 33.6 Å². The van der Waals surface area contributed by atoms with Crippen LogP contribution in [-0.4, -0.2) is 16.7 Å². The van der Waals surface area contributed by atoms with E-state index in [1.807, 2.05) is 0 Å². The summed E-state index contributed by atoms with van der Waals surface area (Å²) in [5.41, 5.74) is 7.96. The Morgan fingerprint density at radius 3 is 2.57 bits per heavy atom. The van der Waals surface area contributed by atoms with Crippen LogP contribution in [0.4, 0.5) is 0 Å². The molecule has 0 aliphatic heterocycles. The Hall–Kier alpha value is -0.730. The van der Waals surface area contributed by atoms with Gasteiger partial charge in [-0.1, -0.05) is 19.0 Å². The van der Waals surface area contributed by atoms with Crippen molar-refractivity contribution in [3.63, 3.8) is 0 Å². The van der Waals surface area contributed by atoms with Crippen molar-refractivity contribution in [2.24, 2.45) is 22.4 Å². The lowest BCUT2D eigenvalue weighted by Gasteiger charge is -2.33. The molecule has 2 rings (SSSR count). The van der Waals surface area contributed by atoms with Gasteiger partial charge in [-0.3, -0.25) is 0 Å². The first kappa shape index (κ1) is 9.81. The van der Waals surface area contributed by atoms with Crippen molar-refractivity contribution in [3.05, 3.63) is 10.4 Å². The molecule has 0 aromatic carbocycles. The van der Waals surface area contributed by atoms with Crippen molar-refractivity contribution in [1.29, 1.82) is 0 Å². The second kappa shape index (κ2) is 2.65. The Morgan fingerprint density at radius 1 is 1.36 bits per heavy atom. The van der Waals surface area contributed by atoms with Crippen LogP contribution in [0.25, 0.3) is 10.4 Å². The second-order valence-corrected chi connectivity index (χ2v) is 5.55. The standard InChI is InChI=1S/C10H17N3O/c1-9(2)6-4-8(12-13-11)10(3,14)5-7(6)9/h6-8,14H,4-5H2,1-3H3. The van der Waals surface area contributed by atoms with Crippen LogP contribution < -0.4 is 0 Å². The molecular formula is C10H17N3O. The van der Waals surface area contributed by atoms with Gasteiger partial charge in [-0.15, -0.1) is 0 Å². The van der Waals surface area contributed by atoms with E-state index in [4.69, 9.17) is 5.53 Å². The van der Waals surface area contributed by atoms with Crippen molar-refractivity contribution >= 4 is 0 Å². The fourth-order valence-corrected chi connectivity index (χ4v) is 3.04. The number of hydrogen-bond donors (Lipinski definition) is 1. The van der Waals surface area contributed by atoms with Crippen LogP contribution >= 0.6 is 0 Å². The summed E-state index contributed by atoms with van der Waals surface area (Å²) in [4.78, 5) is 2.82. The van der Waals surface area contributed by atoms with Crippen molar-refractivity contribution < 1.29 is 5.11 Å². The van der Waals surface area contributed by atoms with E-state index in [1.54, 1.807) is 6.92 Å². The molecule has 2 aliphatic carbocycles. The molecule has 2 aliphatic rings. The zero-order valence-electron chi connectivity index (χ0n) is 8.94. The van der Waals surface area contributed by atoms with Gasteiger partial charge in [-0.05, 0) is 42.5 Å². The zero-order chi connectivity index (χ0) is 10.6. The molecule has 0 radical (unpaired) electrons. The van der Waals surface area contributed by atoms with Crippen LogP contribution in [0.15, 0.2) is 5.11 Å². The van der Waals surface area contributed by atoms with Crippen LogP contribution in [0, 0.1) is 17.3 Å². The van der Waals surface area contributed by atoms with Crippen LogP contribution in [-0.2, 0) is 0 Å². The van der Waals surface area contributed by atoms with Gasteiger partial charge >= 0.3 is 0 Å². The topological polar surface area (TPSA) is 69.0 Å². The Morgan fingerprint density at radius 2 is 2.00 bits per heavy atom. The molecule has 1 N–H and O–H groups in total. The molecule has 4 unspecified atom stereocenters. The fraction of sp³-hybridized carbons (Fsp3) is 1.00. The quantitative estimate of drug-likeness (QED) is 0.390. The fourth-order valence-electron chi connectivity index (χ4n) is 3.04. The van der Waals surface area contributed by atoms with Gasteiger partial charge in [0.1, 0.15) is 0 Å². The van der Waals surface area contributed by atoms with E-state index < -0.39 is 5.60 Å². The third-order valence-electron chi connectivity index (χ3n) is 4.31. The van der Waals surface area contributed by atoms with Crippen molar-refractivity contribution in [2.45, 2.75) is 45.3 Å². The van der Waals surface area contributed by atoms with Crippen molar-refractivity contribution in [1.82, 2.24) is 0 Å². The van der Waals surface area contributed by atoms with Gasteiger partial charge in [0, 0.05) is 4.91 Å². The largest absolute Gasteiger partial charge is 0.390 e.